The fraction of sp³-hybridized carbons (Fsp3) is 0.440. The highest BCUT2D eigenvalue weighted by atomic mass is 16.5. The van der Waals surface area contributed by atoms with Gasteiger partial charge in [-0.25, -0.2) is 4.79 Å². The molecular weight excluding hydrogens is 402 g/mol. The fourth-order valence-corrected chi connectivity index (χ4v) is 4.36. The Balaban J connectivity index is 1.37. The summed E-state index contributed by atoms with van der Waals surface area (Å²) in [5.74, 6) is 1.65. The Bertz CT molecular complexity index is 982. The second kappa shape index (κ2) is 9.51. The SMILES string of the molecule is CN=C(NCc1cccc(NC(=O)N2CCCC2)c1)NC1CC(C)(C)Oc2ccccc21. The lowest BCUT2D eigenvalue weighted by Gasteiger charge is -2.38. The summed E-state index contributed by atoms with van der Waals surface area (Å²) >= 11 is 0. The molecule has 2 aliphatic rings. The molecule has 32 heavy (non-hydrogen) atoms. The summed E-state index contributed by atoms with van der Waals surface area (Å²) in [6, 6.07) is 16.2. The standard InChI is InChI=1S/C25H33N5O2/c1-25(2)16-21(20-11-4-5-12-22(20)32-25)29-23(26-3)27-17-18-9-8-10-19(15-18)28-24(31)30-13-6-7-14-30/h4-5,8-12,15,21H,6-7,13-14,16-17H2,1-3H3,(H,28,31)(H2,26,27,29). The van der Waals surface area contributed by atoms with Crippen molar-refractivity contribution in [3.8, 4) is 5.75 Å². The number of para-hydroxylation sites is 1. The minimum Gasteiger partial charge on any atom is -0.487 e. The number of aliphatic imine (C=N–C) groups is 1. The molecule has 170 valence electrons. The largest absolute Gasteiger partial charge is 0.487 e. The molecule has 2 heterocycles. The number of ether oxygens (including phenoxy) is 1. The molecule has 2 aliphatic heterocycles. The quantitative estimate of drug-likeness (QED) is 0.495. The third-order valence-electron chi connectivity index (χ3n) is 5.94. The van der Waals surface area contributed by atoms with Crippen LogP contribution in [0.25, 0.3) is 0 Å². The average molecular weight is 436 g/mol. The van der Waals surface area contributed by atoms with Gasteiger partial charge in [-0.05, 0) is 50.5 Å². The van der Waals surface area contributed by atoms with E-state index >= 15 is 0 Å². The fourth-order valence-electron chi connectivity index (χ4n) is 4.36. The molecule has 2 aromatic rings. The predicted molar refractivity (Wildman–Crippen MR) is 128 cm³/mol. The Kier molecular flexibility index (Phi) is 6.53. The van der Waals surface area contributed by atoms with Gasteiger partial charge in [-0.3, -0.25) is 4.99 Å². The number of benzene rings is 2. The van der Waals surface area contributed by atoms with Crippen LogP contribution < -0.4 is 20.7 Å². The molecule has 0 saturated carbocycles. The number of rotatable bonds is 4. The minimum absolute atomic E-state index is 0.0223. The van der Waals surface area contributed by atoms with Crippen molar-refractivity contribution in [1.29, 1.82) is 0 Å². The number of amides is 2. The molecule has 1 unspecified atom stereocenters. The van der Waals surface area contributed by atoms with Crippen molar-refractivity contribution < 1.29 is 9.53 Å². The van der Waals surface area contributed by atoms with E-state index in [0.29, 0.717) is 6.54 Å². The smallest absolute Gasteiger partial charge is 0.321 e. The molecule has 0 spiro atoms. The highest BCUT2D eigenvalue weighted by Gasteiger charge is 2.33. The van der Waals surface area contributed by atoms with Gasteiger partial charge in [0.2, 0.25) is 0 Å². The molecule has 0 radical (unpaired) electrons. The molecule has 2 aromatic carbocycles. The van der Waals surface area contributed by atoms with Crippen LogP contribution in [0.4, 0.5) is 10.5 Å². The van der Waals surface area contributed by atoms with E-state index in [9.17, 15) is 4.79 Å². The van der Waals surface area contributed by atoms with Crippen LogP contribution in [-0.4, -0.2) is 42.6 Å². The van der Waals surface area contributed by atoms with Crippen LogP contribution in [0, 0.1) is 0 Å². The van der Waals surface area contributed by atoms with Crippen LogP contribution in [0.15, 0.2) is 53.5 Å². The molecule has 1 saturated heterocycles. The van der Waals surface area contributed by atoms with Gasteiger partial charge < -0.3 is 25.6 Å². The first-order valence-corrected chi connectivity index (χ1v) is 11.3. The van der Waals surface area contributed by atoms with E-state index in [2.05, 4.69) is 40.9 Å². The van der Waals surface area contributed by atoms with E-state index < -0.39 is 0 Å². The van der Waals surface area contributed by atoms with Crippen molar-refractivity contribution >= 4 is 17.7 Å². The molecule has 1 atom stereocenters. The summed E-state index contributed by atoms with van der Waals surface area (Å²) in [7, 11) is 1.78. The number of hydrogen-bond acceptors (Lipinski definition) is 3. The summed E-state index contributed by atoms with van der Waals surface area (Å²) < 4.78 is 6.14. The molecule has 0 aromatic heterocycles. The van der Waals surface area contributed by atoms with Crippen LogP contribution >= 0.6 is 0 Å². The van der Waals surface area contributed by atoms with E-state index in [-0.39, 0.29) is 17.7 Å². The Labute approximate surface area is 190 Å². The molecule has 0 aliphatic carbocycles. The number of urea groups is 1. The van der Waals surface area contributed by atoms with Crippen molar-refractivity contribution in [2.45, 2.75) is 51.3 Å². The van der Waals surface area contributed by atoms with Gasteiger partial charge in [0, 0.05) is 44.4 Å². The van der Waals surface area contributed by atoms with Crippen LogP contribution in [0.2, 0.25) is 0 Å². The van der Waals surface area contributed by atoms with E-state index in [0.717, 1.165) is 60.9 Å². The Hall–Kier alpha value is -3.22. The lowest BCUT2D eigenvalue weighted by atomic mass is 9.90. The van der Waals surface area contributed by atoms with Crippen molar-refractivity contribution in [2.24, 2.45) is 4.99 Å². The van der Waals surface area contributed by atoms with Crippen molar-refractivity contribution in [3.05, 3.63) is 59.7 Å². The zero-order chi connectivity index (χ0) is 22.6. The molecule has 3 N–H and O–H groups in total. The summed E-state index contributed by atoms with van der Waals surface area (Å²) in [6.45, 7) is 6.48. The maximum absolute atomic E-state index is 12.4. The van der Waals surface area contributed by atoms with Crippen LogP contribution in [0.1, 0.15) is 50.3 Å². The molecule has 0 bridgehead atoms. The number of fused-ring (bicyclic) bond motifs is 1. The second-order valence-electron chi connectivity index (χ2n) is 9.05. The van der Waals surface area contributed by atoms with Crippen LogP contribution in [-0.2, 0) is 6.54 Å². The summed E-state index contributed by atoms with van der Waals surface area (Å²) in [6.07, 6.45) is 3.00. The van der Waals surface area contributed by atoms with Gasteiger partial charge in [-0.2, -0.15) is 0 Å². The maximum Gasteiger partial charge on any atom is 0.321 e. The van der Waals surface area contributed by atoms with E-state index in [4.69, 9.17) is 4.74 Å². The van der Waals surface area contributed by atoms with Gasteiger partial charge in [0.05, 0.1) is 6.04 Å². The first kappa shape index (κ1) is 22.0. The van der Waals surface area contributed by atoms with Crippen LogP contribution in [0.3, 0.4) is 0 Å². The third kappa shape index (κ3) is 5.33. The van der Waals surface area contributed by atoms with Crippen LogP contribution in [0.5, 0.6) is 5.75 Å². The highest BCUT2D eigenvalue weighted by molar-refractivity contribution is 5.89. The number of guanidine groups is 1. The van der Waals surface area contributed by atoms with Gasteiger partial charge in [-0.15, -0.1) is 0 Å². The molecule has 4 rings (SSSR count). The number of likely N-dealkylation sites (tertiary alicyclic amines) is 1. The zero-order valence-corrected chi connectivity index (χ0v) is 19.1. The van der Waals surface area contributed by atoms with E-state index in [1.54, 1.807) is 7.05 Å². The zero-order valence-electron chi connectivity index (χ0n) is 19.1. The van der Waals surface area contributed by atoms with E-state index in [1.807, 2.05) is 47.4 Å². The Morgan fingerprint density at radius 1 is 1.16 bits per heavy atom. The van der Waals surface area contributed by atoms with Crippen molar-refractivity contribution in [3.63, 3.8) is 0 Å². The third-order valence-corrected chi connectivity index (χ3v) is 5.94. The Morgan fingerprint density at radius 2 is 1.94 bits per heavy atom. The monoisotopic (exact) mass is 435 g/mol. The number of carbonyl (C=O) groups is 1. The maximum atomic E-state index is 12.4. The minimum atomic E-state index is -0.257. The topological polar surface area (TPSA) is 78.0 Å². The highest BCUT2D eigenvalue weighted by Crippen LogP contribution is 2.39. The van der Waals surface area contributed by atoms with Gasteiger partial charge in [0.15, 0.2) is 5.96 Å². The first-order chi connectivity index (χ1) is 15.4. The summed E-state index contributed by atoms with van der Waals surface area (Å²) in [4.78, 5) is 18.7. The van der Waals surface area contributed by atoms with Gasteiger partial charge in [-0.1, -0.05) is 30.3 Å². The Morgan fingerprint density at radius 3 is 2.72 bits per heavy atom. The lowest BCUT2D eigenvalue weighted by Crippen LogP contribution is -2.45. The number of hydrogen-bond donors (Lipinski definition) is 3. The summed E-state index contributed by atoms with van der Waals surface area (Å²) in [5.41, 5.74) is 2.76. The van der Waals surface area contributed by atoms with Crippen molar-refractivity contribution in [1.82, 2.24) is 15.5 Å². The first-order valence-electron chi connectivity index (χ1n) is 11.3. The normalized spacial score (nSPS) is 19.7. The van der Waals surface area contributed by atoms with Crippen molar-refractivity contribution in [2.75, 3.05) is 25.5 Å². The number of nitrogens with zero attached hydrogens (tertiary/aromatic N) is 2. The van der Waals surface area contributed by atoms with E-state index in [1.165, 1.54) is 0 Å². The van der Waals surface area contributed by atoms with Gasteiger partial charge in [0.25, 0.3) is 0 Å². The molecule has 7 heteroatoms. The lowest BCUT2D eigenvalue weighted by molar-refractivity contribution is 0.0694. The molecule has 1 fully saturated rings. The average Bonchev–Trinajstić information content (AvgIpc) is 3.31. The van der Waals surface area contributed by atoms with Gasteiger partial charge in [0.1, 0.15) is 11.4 Å². The summed E-state index contributed by atoms with van der Waals surface area (Å²) in [5, 5.41) is 9.97. The number of anilines is 1. The predicted octanol–water partition coefficient (Wildman–Crippen LogP) is 4.28. The van der Waals surface area contributed by atoms with Gasteiger partial charge >= 0.3 is 6.03 Å². The second-order valence-corrected chi connectivity index (χ2v) is 9.05. The molecule has 7 nitrogen and oxygen atoms in total. The molecule has 2 amide bonds. The molecular formula is C25H33N5O2. The number of nitrogens with one attached hydrogen (secondary N) is 3. The number of carbonyl (C=O) groups excluding carboxylic acids is 1.